The van der Waals surface area contributed by atoms with E-state index in [0.717, 1.165) is 23.1 Å². The van der Waals surface area contributed by atoms with Crippen LogP contribution in [0.5, 0.6) is 0 Å². The highest BCUT2D eigenvalue weighted by Crippen LogP contribution is 2.29. The molecule has 3 heteroatoms. The molecule has 2 aromatic carbocycles. The van der Waals surface area contributed by atoms with Crippen molar-refractivity contribution < 1.29 is 9.90 Å². The summed E-state index contributed by atoms with van der Waals surface area (Å²) < 4.78 is 0. The molecule has 0 aliphatic rings. The molecule has 0 saturated heterocycles. The molecule has 0 radical (unpaired) electrons. The second-order valence-electron chi connectivity index (χ2n) is 6.75. The van der Waals surface area contributed by atoms with E-state index in [2.05, 4.69) is 39.8 Å². The number of aromatic nitrogens is 1. The average Bonchev–Trinajstić information content (AvgIpc) is 2.61. The van der Waals surface area contributed by atoms with Crippen molar-refractivity contribution in [3.8, 4) is 11.3 Å². The number of carboxylic acids is 1. The number of rotatable bonds is 4. The maximum absolute atomic E-state index is 11.8. The molecule has 1 unspecified atom stereocenters. The van der Waals surface area contributed by atoms with Crippen LogP contribution < -0.4 is 0 Å². The van der Waals surface area contributed by atoms with Crippen LogP contribution in [0, 0.1) is 13.8 Å². The first-order valence-electron chi connectivity index (χ1n) is 8.66. The van der Waals surface area contributed by atoms with Gasteiger partial charge in [-0.3, -0.25) is 0 Å². The molecule has 0 saturated carbocycles. The highest BCUT2D eigenvalue weighted by Gasteiger charge is 2.15. The number of carboxylic acid groups (broad SMARTS) is 1. The van der Waals surface area contributed by atoms with E-state index in [1.54, 1.807) is 6.07 Å². The Kier molecular flexibility index (Phi) is 4.58. The number of nitrogens with zero attached hydrogens (tertiary/aromatic N) is 1. The Bertz CT molecular complexity index is 960. The van der Waals surface area contributed by atoms with Gasteiger partial charge in [0.2, 0.25) is 0 Å². The van der Waals surface area contributed by atoms with E-state index >= 15 is 0 Å². The van der Waals surface area contributed by atoms with Gasteiger partial charge in [-0.2, -0.15) is 0 Å². The van der Waals surface area contributed by atoms with Crippen molar-refractivity contribution in [2.24, 2.45) is 0 Å². The molecule has 25 heavy (non-hydrogen) atoms. The van der Waals surface area contributed by atoms with Crippen LogP contribution in [0.3, 0.4) is 0 Å². The van der Waals surface area contributed by atoms with Crippen LogP contribution in [0.4, 0.5) is 0 Å². The zero-order valence-corrected chi connectivity index (χ0v) is 15.1. The molecule has 1 heterocycles. The summed E-state index contributed by atoms with van der Waals surface area (Å²) in [5.74, 6) is -0.524. The molecule has 0 fully saturated rings. The van der Waals surface area contributed by atoms with E-state index in [-0.39, 0.29) is 0 Å². The summed E-state index contributed by atoms with van der Waals surface area (Å²) in [7, 11) is 0. The summed E-state index contributed by atoms with van der Waals surface area (Å²) in [6.45, 7) is 8.40. The van der Waals surface area contributed by atoms with E-state index < -0.39 is 5.97 Å². The van der Waals surface area contributed by atoms with Crippen molar-refractivity contribution in [2.75, 3.05) is 0 Å². The summed E-state index contributed by atoms with van der Waals surface area (Å²) >= 11 is 0. The monoisotopic (exact) mass is 333 g/mol. The Labute approximate surface area is 148 Å². The van der Waals surface area contributed by atoms with E-state index in [4.69, 9.17) is 4.98 Å². The van der Waals surface area contributed by atoms with E-state index in [1.807, 2.05) is 24.3 Å². The van der Waals surface area contributed by atoms with Gasteiger partial charge in [0.1, 0.15) is 0 Å². The maximum atomic E-state index is 11.8. The lowest BCUT2D eigenvalue weighted by atomic mass is 9.95. The molecule has 0 spiro atoms. The molecule has 0 bridgehead atoms. The van der Waals surface area contributed by atoms with Crippen molar-refractivity contribution in [1.82, 2.24) is 4.98 Å². The molecule has 0 aliphatic heterocycles. The predicted octanol–water partition coefficient (Wildman–Crippen LogP) is 5.73. The summed E-state index contributed by atoms with van der Waals surface area (Å²) in [6, 6.07) is 13.8. The van der Waals surface area contributed by atoms with E-state index in [9.17, 15) is 9.90 Å². The lowest BCUT2D eigenvalue weighted by Crippen LogP contribution is -2.02. The SMILES string of the molecule is CCC(C)c1ccc2nc(-c3ccc(C)c(C)c3)cc(C(=O)O)c2c1. The summed E-state index contributed by atoms with van der Waals surface area (Å²) in [5, 5.41) is 10.4. The Morgan fingerprint density at radius 2 is 1.84 bits per heavy atom. The van der Waals surface area contributed by atoms with Crippen molar-refractivity contribution in [2.45, 2.75) is 40.0 Å². The molecule has 3 rings (SSSR count). The molecule has 0 amide bonds. The second kappa shape index (κ2) is 6.67. The van der Waals surface area contributed by atoms with Gasteiger partial charge in [0, 0.05) is 10.9 Å². The largest absolute Gasteiger partial charge is 0.478 e. The predicted molar refractivity (Wildman–Crippen MR) is 102 cm³/mol. The Morgan fingerprint density at radius 3 is 2.48 bits per heavy atom. The van der Waals surface area contributed by atoms with Crippen molar-refractivity contribution >= 4 is 16.9 Å². The Morgan fingerprint density at radius 1 is 1.08 bits per heavy atom. The van der Waals surface area contributed by atoms with Crippen molar-refractivity contribution in [3.63, 3.8) is 0 Å². The van der Waals surface area contributed by atoms with Gasteiger partial charge in [-0.1, -0.05) is 32.0 Å². The number of fused-ring (bicyclic) bond motifs is 1. The van der Waals surface area contributed by atoms with E-state index in [0.29, 0.717) is 22.6 Å². The number of aromatic carboxylic acids is 1. The quantitative estimate of drug-likeness (QED) is 0.663. The number of benzene rings is 2. The minimum Gasteiger partial charge on any atom is -0.478 e. The van der Waals surface area contributed by atoms with Crippen molar-refractivity contribution in [3.05, 3.63) is 64.7 Å². The zero-order valence-electron chi connectivity index (χ0n) is 15.1. The number of carbonyl (C=O) groups is 1. The van der Waals surface area contributed by atoms with Crippen LogP contribution in [0.25, 0.3) is 22.2 Å². The molecule has 128 valence electrons. The summed E-state index contributed by atoms with van der Waals surface area (Å²) in [6.07, 6.45) is 1.02. The maximum Gasteiger partial charge on any atom is 0.336 e. The molecular weight excluding hydrogens is 310 g/mol. The van der Waals surface area contributed by atoms with Crippen LogP contribution >= 0.6 is 0 Å². The van der Waals surface area contributed by atoms with Gasteiger partial charge in [-0.25, -0.2) is 9.78 Å². The molecule has 1 aromatic heterocycles. The number of hydrogen-bond acceptors (Lipinski definition) is 2. The third-order valence-corrected chi connectivity index (χ3v) is 5.05. The first-order valence-corrected chi connectivity index (χ1v) is 8.66. The fourth-order valence-corrected chi connectivity index (χ4v) is 3.01. The molecule has 1 atom stereocenters. The van der Waals surface area contributed by atoms with Crippen molar-refractivity contribution in [1.29, 1.82) is 0 Å². The third-order valence-electron chi connectivity index (χ3n) is 5.05. The van der Waals surface area contributed by atoms with Crippen LogP contribution in [0.2, 0.25) is 0 Å². The van der Waals surface area contributed by atoms with Gasteiger partial charge in [-0.05, 0) is 67.1 Å². The minimum absolute atomic E-state index is 0.309. The fourth-order valence-electron chi connectivity index (χ4n) is 3.01. The lowest BCUT2D eigenvalue weighted by molar-refractivity contribution is 0.0699. The highest BCUT2D eigenvalue weighted by molar-refractivity contribution is 6.04. The molecular formula is C22H23NO2. The first-order chi connectivity index (χ1) is 11.9. The van der Waals surface area contributed by atoms with Crippen LogP contribution in [-0.2, 0) is 0 Å². The minimum atomic E-state index is -0.918. The first kappa shape index (κ1) is 17.2. The Balaban J connectivity index is 2.23. The smallest absolute Gasteiger partial charge is 0.336 e. The van der Waals surface area contributed by atoms with Gasteiger partial charge in [0.05, 0.1) is 16.8 Å². The number of pyridine rings is 1. The van der Waals surface area contributed by atoms with Crippen LogP contribution in [-0.4, -0.2) is 16.1 Å². The van der Waals surface area contributed by atoms with Gasteiger partial charge >= 0.3 is 5.97 Å². The highest BCUT2D eigenvalue weighted by atomic mass is 16.4. The second-order valence-corrected chi connectivity index (χ2v) is 6.75. The van der Waals surface area contributed by atoms with Crippen LogP contribution in [0.15, 0.2) is 42.5 Å². The fraction of sp³-hybridized carbons (Fsp3) is 0.273. The molecule has 1 N–H and O–H groups in total. The standard InChI is InChI=1S/C22H23NO2/c1-5-13(2)16-8-9-20-18(11-16)19(22(24)25)12-21(23-20)17-7-6-14(3)15(4)10-17/h6-13H,5H2,1-4H3,(H,24,25). The third kappa shape index (κ3) is 3.27. The molecule has 3 aromatic rings. The molecule has 0 aliphatic carbocycles. The van der Waals surface area contributed by atoms with E-state index in [1.165, 1.54) is 11.1 Å². The topological polar surface area (TPSA) is 50.2 Å². The van der Waals surface area contributed by atoms with Gasteiger partial charge < -0.3 is 5.11 Å². The normalized spacial score (nSPS) is 12.3. The molecule has 3 nitrogen and oxygen atoms in total. The summed E-state index contributed by atoms with van der Waals surface area (Å²) in [4.78, 5) is 16.6. The van der Waals surface area contributed by atoms with Gasteiger partial charge in [-0.15, -0.1) is 0 Å². The van der Waals surface area contributed by atoms with Gasteiger partial charge in [0.15, 0.2) is 0 Å². The Hall–Kier alpha value is -2.68. The number of aryl methyl sites for hydroxylation is 2. The zero-order chi connectivity index (χ0) is 18.1. The lowest BCUT2D eigenvalue weighted by Gasteiger charge is -2.13. The number of hydrogen-bond donors (Lipinski definition) is 1. The van der Waals surface area contributed by atoms with Crippen LogP contribution in [0.1, 0.15) is 53.2 Å². The van der Waals surface area contributed by atoms with Gasteiger partial charge in [0.25, 0.3) is 0 Å². The summed E-state index contributed by atoms with van der Waals surface area (Å²) in [5.41, 5.74) is 6.20. The average molecular weight is 333 g/mol.